The van der Waals surface area contributed by atoms with E-state index in [-0.39, 0.29) is 10.9 Å². The van der Waals surface area contributed by atoms with E-state index in [1.54, 1.807) is 12.1 Å². The lowest BCUT2D eigenvalue weighted by Crippen LogP contribution is -2.40. The van der Waals surface area contributed by atoms with Gasteiger partial charge in [-0.15, -0.1) is 0 Å². The maximum atomic E-state index is 12.6. The average Bonchev–Trinajstić information content (AvgIpc) is 2.68. The first-order chi connectivity index (χ1) is 12.5. The molecule has 0 spiro atoms. The molecule has 6 nitrogen and oxygen atoms in total. The summed E-state index contributed by atoms with van der Waals surface area (Å²) in [5.74, 6) is 0.632. The van der Waals surface area contributed by atoms with Gasteiger partial charge in [0.15, 0.2) is 0 Å². The topological polar surface area (TPSA) is 71.5 Å². The molecule has 1 saturated heterocycles. The van der Waals surface area contributed by atoms with Crippen LogP contribution in [0.2, 0.25) is 5.02 Å². The molecule has 2 heterocycles. The highest BCUT2D eigenvalue weighted by molar-refractivity contribution is 7.89. The predicted molar refractivity (Wildman–Crippen MR) is 102 cm³/mol. The fourth-order valence-corrected chi connectivity index (χ4v) is 4.33. The summed E-state index contributed by atoms with van der Waals surface area (Å²) in [5, 5.41) is 4.03. The molecule has 1 aliphatic heterocycles. The zero-order valence-corrected chi connectivity index (χ0v) is 16.1. The normalized spacial score (nSPS) is 17.0. The number of sulfonamides is 1. The first kappa shape index (κ1) is 19.1. The monoisotopic (exact) mass is 395 g/mol. The van der Waals surface area contributed by atoms with Crippen LogP contribution in [0.3, 0.4) is 0 Å². The Labute approximate surface area is 159 Å². The van der Waals surface area contributed by atoms with Crippen LogP contribution in [0.5, 0.6) is 0 Å². The first-order valence-corrected chi connectivity index (χ1v) is 10.4. The van der Waals surface area contributed by atoms with Gasteiger partial charge in [0.05, 0.1) is 19.3 Å². The molecule has 0 saturated carbocycles. The molecule has 0 bridgehead atoms. The van der Waals surface area contributed by atoms with Crippen molar-refractivity contribution in [1.29, 1.82) is 0 Å². The van der Waals surface area contributed by atoms with Crippen LogP contribution in [0.4, 0.5) is 5.82 Å². The number of hydrogen-bond acceptors (Lipinski definition) is 5. The number of nitrogens with one attached hydrogen (secondary N) is 1. The summed E-state index contributed by atoms with van der Waals surface area (Å²) in [7, 11) is -3.52. The SMILES string of the molecule is CCC(Nc1ccc(S(=O)(=O)N2CCOCC2)cn1)c1ccc(Cl)cc1. The van der Waals surface area contributed by atoms with Gasteiger partial charge in [-0.3, -0.25) is 0 Å². The molecule has 0 radical (unpaired) electrons. The van der Waals surface area contributed by atoms with E-state index in [0.717, 1.165) is 12.0 Å². The van der Waals surface area contributed by atoms with Crippen molar-refractivity contribution in [3.63, 3.8) is 0 Å². The molecule has 140 valence electrons. The second-order valence-corrected chi connectivity index (χ2v) is 8.43. The second kappa shape index (κ2) is 8.35. The lowest BCUT2D eigenvalue weighted by Gasteiger charge is -2.26. The average molecular weight is 396 g/mol. The van der Waals surface area contributed by atoms with Crippen molar-refractivity contribution >= 4 is 27.4 Å². The van der Waals surface area contributed by atoms with Crippen LogP contribution in [0.25, 0.3) is 0 Å². The van der Waals surface area contributed by atoms with E-state index in [1.165, 1.54) is 10.5 Å². The van der Waals surface area contributed by atoms with Gasteiger partial charge < -0.3 is 10.1 Å². The minimum absolute atomic E-state index is 0.0708. The second-order valence-electron chi connectivity index (χ2n) is 6.05. The molecule has 1 atom stereocenters. The van der Waals surface area contributed by atoms with Crippen molar-refractivity contribution in [3.8, 4) is 0 Å². The number of anilines is 1. The van der Waals surface area contributed by atoms with Gasteiger partial charge in [-0.1, -0.05) is 30.7 Å². The maximum absolute atomic E-state index is 12.6. The Balaban J connectivity index is 1.73. The Bertz CT molecular complexity index is 820. The van der Waals surface area contributed by atoms with Crippen LogP contribution in [0, 0.1) is 0 Å². The summed E-state index contributed by atoms with van der Waals surface area (Å²) in [6.07, 6.45) is 2.26. The van der Waals surface area contributed by atoms with Crippen molar-refractivity contribution in [2.75, 3.05) is 31.6 Å². The van der Waals surface area contributed by atoms with E-state index >= 15 is 0 Å². The van der Waals surface area contributed by atoms with Gasteiger partial charge in [0.25, 0.3) is 0 Å². The number of morpholine rings is 1. The van der Waals surface area contributed by atoms with E-state index in [1.807, 2.05) is 24.3 Å². The fraction of sp³-hybridized carbons (Fsp3) is 0.389. The molecular formula is C18H22ClN3O3S. The highest BCUT2D eigenvalue weighted by Gasteiger charge is 2.26. The summed E-state index contributed by atoms with van der Waals surface area (Å²) < 4.78 is 31.9. The molecule has 0 amide bonds. The van der Waals surface area contributed by atoms with E-state index < -0.39 is 10.0 Å². The number of halogens is 1. The molecule has 1 fully saturated rings. The van der Waals surface area contributed by atoms with Gasteiger partial charge in [0, 0.05) is 24.3 Å². The van der Waals surface area contributed by atoms with E-state index in [0.29, 0.717) is 37.1 Å². The maximum Gasteiger partial charge on any atom is 0.244 e. The summed E-state index contributed by atoms with van der Waals surface area (Å²) in [6.45, 7) is 3.66. The number of pyridine rings is 1. The Morgan fingerprint density at radius 1 is 1.19 bits per heavy atom. The molecular weight excluding hydrogens is 374 g/mol. The molecule has 8 heteroatoms. The van der Waals surface area contributed by atoms with Gasteiger partial charge in [-0.05, 0) is 36.2 Å². The highest BCUT2D eigenvalue weighted by atomic mass is 35.5. The van der Waals surface area contributed by atoms with Crippen LogP contribution < -0.4 is 5.32 Å². The fourth-order valence-electron chi connectivity index (χ4n) is 2.85. The van der Waals surface area contributed by atoms with Crippen LogP contribution in [0.15, 0.2) is 47.5 Å². The Hall–Kier alpha value is -1.67. The van der Waals surface area contributed by atoms with Gasteiger partial charge in [0.1, 0.15) is 10.7 Å². The minimum Gasteiger partial charge on any atom is -0.379 e. The minimum atomic E-state index is -3.52. The molecule has 3 rings (SSSR count). The summed E-state index contributed by atoms with van der Waals surface area (Å²) in [6, 6.07) is 11.0. The van der Waals surface area contributed by atoms with E-state index in [2.05, 4.69) is 17.2 Å². The molecule has 1 aromatic carbocycles. The van der Waals surface area contributed by atoms with Gasteiger partial charge in [0.2, 0.25) is 10.0 Å². The van der Waals surface area contributed by atoms with Crippen molar-refractivity contribution in [2.24, 2.45) is 0 Å². The van der Waals surface area contributed by atoms with Crippen LogP contribution in [0.1, 0.15) is 24.9 Å². The third-order valence-corrected chi connectivity index (χ3v) is 6.48. The highest BCUT2D eigenvalue weighted by Crippen LogP contribution is 2.24. The number of hydrogen-bond donors (Lipinski definition) is 1. The molecule has 1 aromatic heterocycles. The van der Waals surface area contributed by atoms with Gasteiger partial charge in [-0.25, -0.2) is 13.4 Å². The molecule has 2 aromatic rings. The largest absolute Gasteiger partial charge is 0.379 e. The molecule has 1 aliphatic rings. The Kier molecular flexibility index (Phi) is 6.13. The summed E-state index contributed by atoms with van der Waals surface area (Å²) >= 11 is 5.94. The lowest BCUT2D eigenvalue weighted by atomic mass is 10.0. The Morgan fingerprint density at radius 3 is 2.46 bits per heavy atom. The quantitative estimate of drug-likeness (QED) is 0.812. The molecule has 26 heavy (non-hydrogen) atoms. The first-order valence-electron chi connectivity index (χ1n) is 8.56. The summed E-state index contributed by atoms with van der Waals surface area (Å²) in [5.41, 5.74) is 1.10. The van der Waals surface area contributed by atoms with Crippen molar-refractivity contribution in [1.82, 2.24) is 9.29 Å². The number of aromatic nitrogens is 1. The standard InChI is InChI=1S/C18H22ClN3O3S/c1-2-17(14-3-5-15(19)6-4-14)21-18-8-7-16(13-20-18)26(23,24)22-9-11-25-12-10-22/h3-8,13,17H,2,9-12H2,1H3,(H,20,21). The third kappa shape index (κ3) is 4.35. The van der Waals surface area contributed by atoms with Crippen molar-refractivity contribution < 1.29 is 13.2 Å². The van der Waals surface area contributed by atoms with Gasteiger partial charge in [-0.2, -0.15) is 4.31 Å². The summed E-state index contributed by atoms with van der Waals surface area (Å²) in [4.78, 5) is 4.49. The zero-order valence-electron chi connectivity index (χ0n) is 14.6. The number of benzene rings is 1. The van der Waals surface area contributed by atoms with Gasteiger partial charge >= 0.3 is 0 Å². The number of ether oxygens (including phenoxy) is 1. The predicted octanol–water partition coefficient (Wildman–Crippen LogP) is 3.32. The smallest absolute Gasteiger partial charge is 0.244 e. The lowest BCUT2D eigenvalue weighted by molar-refractivity contribution is 0.0730. The van der Waals surface area contributed by atoms with Crippen molar-refractivity contribution in [2.45, 2.75) is 24.3 Å². The van der Waals surface area contributed by atoms with Crippen LogP contribution in [-0.2, 0) is 14.8 Å². The molecule has 1 unspecified atom stereocenters. The van der Waals surface area contributed by atoms with Crippen molar-refractivity contribution in [3.05, 3.63) is 53.2 Å². The number of rotatable bonds is 6. The van der Waals surface area contributed by atoms with Crippen LogP contribution in [-0.4, -0.2) is 44.0 Å². The molecule has 1 N–H and O–H groups in total. The molecule has 0 aliphatic carbocycles. The third-order valence-electron chi connectivity index (χ3n) is 4.35. The Morgan fingerprint density at radius 2 is 1.88 bits per heavy atom. The number of nitrogens with zero attached hydrogens (tertiary/aromatic N) is 2. The van der Waals surface area contributed by atoms with Crippen LogP contribution >= 0.6 is 11.6 Å². The van der Waals surface area contributed by atoms with E-state index in [9.17, 15) is 8.42 Å². The van der Waals surface area contributed by atoms with E-state index in [4.69, 9.17) is 16.3 Å². The zero-order chi connectivity index (χ0) is 18.6.